The van der Waals surface area contributed by atoms with Crippen LogP contribution in [-0.2, 0) is 10.2 Å². The number of rotatable bonds is 4. The molecule has 3 nitrogen and oxygen atoms in total. The highest BCUT2D eigenvalue weighted by molar-refractivity contribution is 5.71. The Morgan fingerprint density at radius 2 is 1.89 bits per heavy atom. The van der Waals surface area contributed by atoms with Gasteiger partial charge in [-0.1, -0.05) is 45.9 Å². The van der Waals surface area contributed by atoms with Gasteiger partial charge in [-0.3, -0.25) is 4.79 Å². The van der Waals surface area contributed by atoms with Gasteiger partial charge >= 0.3 is 5.97 Å². The van der Waals surface area contributed by atoms with E-state index in [9.17, 15) is 9.90 Å². The molecule has 0 amide bonds. The van der Waals surface area contributed by atoms with Crippen LogP contribution in [0.5, 0.6) is 0 Å². The highest BCUT2D eigenvalue weighted by Crippen LogP contribution is 2.30. The van der Waals surface area contributed by atoms with Gasteiger partial charge in [-0.05, 0) is 36.1 Å². The molecule has 0 bridgehead atoms. The topological polar surface area (TPSA) is 49.3 Å². The number of aryl methyl sites for hydroxylation is 1. The van der Waals surface area contributed by atoms with Gasteiger partial charge in [0.15, 0.2) is 0 Å². The molecule has 0 aliphatic carbocycles. The summed E-state index contributed by atoms with van der Waals surface area (Å²) >= 11 is 0. The van der Waals surface area contributed by atoms with Crippen molar-refractivity contribution in [2.24, 2.45) is 5.92 Å². The van der Waals surface area contributed by atoms with Crippen LogP contribution < -0.4 is 5.32 Å². The fourth-order valence-corrected chi connectivity index (χ4v) is 2.26. The van der Waals surface area contributed by atoms with Crippen LogP contribution in [0.2, 0.25) is 0 Å². The second-order valence-corrected chi connectivity index (χ2v) is 6.21. The summed E-state index contributed by atoms with van der Waals surface area (Å²) in [5.74, 6) is -1.24. The first-order chi connectivity index (χ1) is 8.68. The van der Waals surface area contributed by atoms with Crippen molar-refractivity contribution in [1.29, 1.82) is 0 Å². The molecule has 0 saturated heterocycles. The minimum Gasteiger partial charge on any atom is -0.481 e. The number of carboxylic acid groups (broad SMARTS) is 1. The maximum absolute atomic E-state index is 11.2. The Balaban J connectivity index is 3.27. The molecule has 0 heterocycles. The van der Waals surface area contributed by atoms with E-state index in [1.807, 2.05) is 14.0 Å². The third-order valence-electron chi connectivity index (χ3n) is 3.68. The summed E-state index contributed by atoms with van der Waals surface area (Å²) < 4.78 is 0. The van der Waals surface area contributed by atoms with Crippen molar-refractivity contribution in [2.45, 2.75) is 46.1 Å². The number of hydrogen-bond donors (Lipinski definition) is 2. The van der Waals surface area contributed by atoms with Gasteiger partial charge in [0.25, 0.3) is 0 Å². The van der Waals surface area contributed by atoms with Crippen LogP contribution in [0.25, 0.3) is 0 Å². The maximum Gasteiger partial charge on any atom is 0.308 e. The number of carboxylic acids is 1. The molecule has 1 rings (SSSR count). The third-order valence-corrected chi connectivity index (χ3v) is 3.68. The molecule has 2 unspecified atom stereocenters. The van der Waals surface area contributed by atoms with E-state index in [0.717, 1.165) is 11.1 Å². The molecule has 0 radical (unpaired) electrons. The molecule has 2 N–H and O–H groups in total. The Morgan fingerprint density at radius 3 is 2.32 bits per heavy atom. The Labute approximate surface area is 116 Å². The molecular weight excluding hydrogens is 238 g/mol. The summed E-state index contributed by atoms with van der Waals surface area (Å²) in [4.78, 5) is 11.2. The van der Waals surface area contributed by atoms with Crippen LogP contribution >= 0.6 is 0 Å². The van der Waals surface area contributed by atoms with Gasteiger partial charge in [-0.15, -0.1) is 0 Å². The summed E-state index contributed by atoms with van der Waals surface area (Å²) in [6, 6.07) is 6.17. The molecule has 0 aliphatic rings. The van der Waals surface area contributed by atoms with Crippen LogP contribution in [0.3, 0.4) is 0 Å². The molecule has 0 fully saturated rings. The summed E-state index contributed by atoms with van der Waals surface area (Å²) in [5.41, 5.74) is 3.49. The maximum atomic E-state index is 11.2. The van der Waals surface area contributed by atoms with Gasteiger partial charge in [0.05, 0.1) is 5.92 Å². The van der Waals surface area contributed by atoms with Crippen LogP contribution in [0, 0.1) is 12.8 Å². The smallest absolute Gasteiger partial charge is 0.308 e. The quantitative estimate of drug-likeness (QED) is 0.876. The normalized spacial score (nSPS) is 15.1. The fourth-order valence-electron chi connectivity index (χ4n) is 2.26. The van der Waals surface area contributed by atoms with E-state index in [2.05, 4.69) is 44.3 Å². The van der Waals surface area contributed by atoms with Gasteiger partial charge in [-0.2, -0.15) is 0 Å². The summed E-state index contributed by atoms with van der Waals surface area (Å²) in [7, 11) is 1.81. The second-order valence-electron chi connectivity index (χ2n) is 6.21. The molecule has 0 aromatic heterocycles. The summed E-state index contributed by atoms with van der Waals surface area (Å²) in [6.45, 7) is 10.3. The van der Waals surface area contributed by atoms with E-state index < -0.39 is 11.9 Å². The fraction of sp³-hybridized carbons (Fsp3) is 0.562. The van der Waals surface area contributed by atoms with Crippen molar-refractivity contribution >= 4 is 5.97 Å². The van der Waals surface area contributed by atoms with E-state index in [4.69, 9.17) is 0 Å². The monoisotopic (exact) mass is 263 g/mol. The van der Waals surface area contributed by atoms with Crippen LogP contribution in [0.1, 0.15) is 50.4 Å². The van der Waals surface area contributed by atoms with E-state index in [1.165, 1.54) is 5.56 Å². The van der Waals surface area contributed by atoms with Gasteiger partial charge < -0.3 is 10.4 Å². The highest BCUT2D eigenvalue weighted by Gasteiger charge is 2.26. The zero-order valence-corrected chi connectivity index (χ0v) is 12.7. The lowest BCUT2D eigenvalue weighted by Gasteiger charge is -2.26. The number of aliphatic carboxylic acids is 1. The predicted octanol–water partition coefficient (Wildman–Crippen LogP) is 3.27. The SMILES string of the molecule is CNC(c1cc(C(C)(C)C)ccc1C)C(C)C(=O)O. The highest BCUT2D eigenvalue weighted by atomic mass is 16.4. The van der Waals surface area contributed by atoms with Gasteiger partial charge in [-0.25, -0.2) is 0 Å². The molecule has 1 aromatic rings. The summed E-state index contributed by atoms with van der Waals surface area (Å²) in [5, 5.41) is 12.4. The number of hydrogen-bond acceptors (Lipinski definition) is 2. The molecule has 106 valence electrons. The minimum absolute atomic E-state index is 0.0627. The van der Waals surface area contributed by atoms with Crippen LogP contribution in [0.15, 0.2) is 18.2 Å². The first-order valence-corrected chi connectivity index (χ1v) is 6.69. The van der Waals surface area contributed by atoms with Crippen molar-refractivity contribution in [3.63, 3.8) is 0 Å². The zero-order chi connectivity index (χ0) is 14.8. The van der Waals surface area contributed by atoms with Gasteiger partial charge in [0.1, 0.15) is 0 Å². The second kappa shape index (κ2) is 5.74. The van der Waals surface area contributed by atoms with Crippen LogP contribution in [-0.4, -0.2) is 18.1 Å². The van der Waals surface area contributed by atoms with Gasteiger partial charge in [0, 0.05) is 6.04 Å². The van der Waals surface area contributed by atoms with E-state index in [1.54, 1.807) is 6.92 Å². The van der Waals surface area contributed by atoms with E-state index >= 15 is 0 Å². The molecular formula is C16H25NO2. The Hall–Kier alpha value is -1.35. The minimum atomic E-state index is -0.778. The van der Waals surface area contributed by atoms with Crippen molar-refractivity contribution in [2.75, 3.05) is 7.05 Å². The van der Waals surface area contributed by atoms with Crippen molar-refractivity contribution in [3.8, 4) is 0 Å². The van der Waals surface area contributed by atoms with Crippen molar-refractivity contribution in [1.82, 2.24) is 5.32 Å². The van der Waals surface area contributed by atoms with Crippen molar-refractivity contribution in [3.05, 3.63) is 34.9 Å². The first kappa shape index (κ1) is 15.7. The lowest BCUT2D eigenvalue weighted by atomic mass is 9.82. The lowest BCUT2D eigenvalue weighted by Crippen LogP contribution is -2.29. The predicted molar refractivity (Wildman–Crippen MR) is 78.5 cm³/mol. The Kier molecular flexibility index (Phi) is 4.75. The molecule has 0 saturated carbocycles. The molecule has 2 atom stereocenters. The average molecular weight is 263 g/mol. The Bertz CT molecular complexity index is 460. The zero-order valence-electron chi connectivity index (χ0n) is 12.7. The van der Waals surface area contributed by atoms with Gasteiger partial charge in [0.2, 0.25) is 0 Å². The lowest BCUT2D eigenvalue weighted by molar-refractivity contribution is -0.142. The van der Waals surface area contributed by atoms with Crippen molar-refractivity contribution < 1.29 is 9.90 Å². The van der Waals surface area contributed by atoms with Crippen LogP contribution in [0.4, 0.5) is 0 Å². The third kappa shape index (κ3) is 3.57. The molecule has 0 spiro atoms. The number of nitrogens with one attached hydrogen (secondary N) is 1. The largest absolute Gasteiger partial charge is 0.481 e. The summed E-state index contributed by atoms with van der Waals surface area (Å²) in [6.07, 6.45) is 0. The number of benzene rings is 1. The number of carbonyl (C=O) groups is 1. The molecule has 0 aliphatic heterocycles. The molecule has 1 aromatic carbocycles. The first-order valence-electron chi connectivity index (χ1n) is 6.69. The Morgan fingerprint density at radius 1 is 1.32 bits per heavy atom. The molecule has 19 heavy (non-hydrogen) atoms. The average Bonchev–Trinajstić information content (AvgIpc) is 2.30. The van der Waals surface area contributed by atoms with E-state index in [-0.39, 0.29) is 11.5 Å². The molecule has 3 heteroatoms. The standard InChI is InChI=1S/C16H25NO2/c1-10-7-8-12(16(3,4)5)9-13(10)14(17-6)11(2)15(18)19/h7-9,11,14,17H,1-6H3,(H,18,19). The van der Waals surface area contributed by atoms with E-state index in [0.29, 0.717) is 0 Å².